The van der Waals surface area contributed by atoms with E-state index in [0.717, 1.165) is 25.7 Å². The number of amides is 1. The van der Waals surface area contributed by atoms with Crippen molar-refractivity contribution in [2.45, 2.75) is 34.9 Å². The predicted molar refractivity (Wildman–Crippen MR) is 108 cm³/mol. The second kappa shape index (κ2) is 8.87. The largest absolute Gasteiger partial charge is 0.296 e. The topological polar surface area (TPSA) is 92.3 Å². The van der Waals surface area contributed by atoms with Gasteiger partial charge in [-0.3, -0.25) is 10.1 Å². The van der Waals surface area contributed by atoms with E-state index in [9.17, 15) is 13.2 Å². The van der Waals surface area contributed by atoms with E-state index in [1.54, 1.807) is 0 Å². The number of carbonyl (C=O) groups excluding carboxylic acids is 1. The molecule has 2 heterocycles. The molecule has 0 radical (unpaired) electrons. The van der Waals surface area contributed by atoms with Crippen LogP contribution in [-0.4, -0.2) is 48.2 Å². The molecule has 2 aromatic rings. The second-order valence-corrected chi connectivity index (χ2v) is 10.4. The Morgan fingerprint density at radius 1 is 1.22 bits per heavy atom. The number of anilines is 1. The molecule has 11 heteroatoms. The standard InChI is InChI=1S/C16H19ClN4O3S3/c1-25-16-20-19-15(26-16)18-14(22)12-10-11(6-7-13(12)17)27(23,24)21-8-4-2-3-5-9-21/h6-7,10H,2-5,8-9H2,1H3,(H,18,19,22). The van der Waals surface area contributed by atoms with Gasteiger partial charge in [0.05, 0.1) is 15.5 Å². The summed E-state index contributed by atoms with van der Waals surface area (Å²) in [6, 6.07) is 4.21. The third-order valence-electron chi connectivity index (χ3n) is 4.19. The molecule has 1 saturated heterocycles. The highest BCUT2D eigenvalue weighted by molar-refractivity contribution is 8.00. The minimum absolute atomic E-state index is 0.0704. The van der Waals surface area contributed by atoms with Crippen molar-refractivity contribution in [1.29, 1.82) is 0 Å². The summed E-state index contributed by atoms with van der Waals surface area (Å²) in [7, 11) is -3.66. The smallest absolute Gasteiger partial charge is 0.259 e. The fourth-order valence-corrected chi connectivity index (χ4v) is 5.69. The summed E-state index contributed by atoms with van der Waals surface area (Å²) < 4.78 is 28.1. The number of carbonyl (C=O) groups is 1. The number of nitrogens with zero attached hydrogens (tertiary/aromatic N) is 3. The van der Waals surface area contributed by atoms with Crippen molar-refractivity contribution in [2.24, 2.45) is 0 Å². The molecule has 0 spiro atoms. The van der Waals surface area contributed by atoms with Crippen molar-refractivity contribution in [1.82, 2.24) is 14.5 Å². The van der Waals surface area contributed by atoms with Crippen LogP contribution in [0.25, 0.3) is 0 Å². The molecule has 0 saturated carbocycles. The first-order chi connectivity index (χ1) is 12.9. The van der Waals surface area contributed by atoms with Crippen molar-refractivity contribution < 1.29 is 13.2 Å². The highest BCUT2D eigenvalue weighted by Gasteiger charge is 2.26. The monoisotopic (exact) mass is 446 g/mol. The highest BCUT2D eigenvalue weighted by Crippen LogP contribution is 2.27. The van der Waals surface area contributed by atoms with Crippen molar-refractivity contribution in [2.75, 3.05) is 24.7 Å². The van der Waals surface area contributed by atoms with Crippen LogP contribution in [0.15, 0.2) is 27.4 Å². The number of thioether (sulfide) groups is 1. The van der Waals surface area contributed by atoms with Gasteiger partial charge in [0.1, 0.15) is 0 Å². The van der Waals surface area contributed by atoms with E-state index in [0.29, 0.717) is 22.6 Å². The van der Waals surface area contributed by atoms with Crippen LogP contribution in [0.3, 0.4) is 0 Å². The molecular weight excluding hydrogens is 428 g/mol. The van der Waals surface area contributed by atoms with E-state index in [2.05, 4.69) is 15.5 Å². The summed E-state index contributed by atoms with van der Waals surface area (Å²) in [5.41, 5.74) is 0.0912. The highest BCUT2D eigenvalue weighted by atomic mass is 35.5. The molecule has 146 valence electrons. The summed E-state index contributed by atoms with van der Waals surface area (Å²) in [6.45, 7) is 0.990. The summed E-state index contributed by atoms with van der Waals surface area (Å²) in [4.78, 5) is 12.6. The SMILES string of the molecule is CSc1nnc(NC(=O)c2cc(S(=O)(=O)N3CCCCCC3)ccc2Cl)s1. The number of sulfonamides is 1. The lowest BCUT2D eigenvalue weighted by atomic mass is 10.2. The molecule has 1 aliphatic rings. The number of hydrogen-bond acceptors (Lipinski definition) is 7. The molecule has 1 aromatic heterocycles. The van der Waals surface area contributed by atoms with Crippen molar-refractivity contribution >= 4 is 55.8 Å². The third kappa shape index (κ3) is 4.80. The molecule has 3 rings (SSSR count). The molecule has 27 heavy (non-hydrogen) atoms. The lowest BCUT2D eigenvalue weighted by Gasteiger charge is -2.20. The van der Waals surface area contributed by atoms with Crippen LogP contribution in [0.4, 0.5) is 5.13 Å². The molecule has 0 bridgehead atoms. The van der Waals surface area contributed by atoms with Gasteiger partial charge in [-0.25, -0.2) is 8.42 Å². The van der Waals surface area contributed by atoms with Crippen LogP contribution in [0, 0.1) is 0 Å². The van der Waals surface area contributed by atoms with Gasteiger partial charge in [-0.05, 0) is 37.3 Å². The number of hydrogen-bond donors (Lipinski definition) is 1. The van der Waals surface area contributed by atoms with Crippen molar-refractivity contribution in [3.8, 4) is 0 Å². The number of halogens is 1. The van der Waals surface area contributed by atoms with E-state index in [1.165, 1.54) is 45.6 Å². The molecule has 7 nitrogen and oxygen atoms in total. The van der Waals surface area contributed by atoms with Gasteiger partial charge in [0.15, 0.2) is 4.34 Å². The van der Waals surface area contributed by atoms with Crippen LogP contribution < -0.4 is 5.32 Å². The number of nitrogens with one attached hydrogen (secondary N) is 1. The fraction of sp³-hybridized carbons (Fsp3) is 0.438. The van der Waals surface area contributed by atoms with Gasteiger partial charge in [-0.2, -0.15) is 4.31 Å². The molecule has 1 aliphatic heterocycles. The second-order valence-electron chi connectivity index (χ2n) is 5.99. The lowest BCUT2D eigenvalue weighted by Crippen LogP contribution is -2.32. The van der Waals surface area contributed by atoms with Crippen LogP contribution >= 0.6 is 34.7 Å². The van der Waals surface area contributed by atoms with E-state index >= 15 is 0 Å². The first-order valence-electron chi connectivity index (χ1n) is 8.40. The van der Waals surface area contributed by atoms with Crippen LogP contribution in [0.2, 0.25) is 5.02 Å². The van der Waals surface area contributed by atoms with E-state index in [4.69, 9.17) is 11.6 Å². The molecular formula is C16H19ClN4O3S3. The van der Waals surface area contributed by atoms with Gasteiger partial charge in [0, 0.05) is 13.1 Å². The molecule has 1 amide bonds. The van der Waals surface area contributed by atoms with Gasteiger partial charge in [0.25, 0.3) is 5.91 Å². The average Bonchev–Trinajstić information content (AvgIpc) is 2.91. The van der Waals surface area contributed by atoms with Gasteiger partial charge in [-0.15, -0.1) is 10.2 Å². The predicted octanol–water partition coefficient (Wildman–Crippen LogP) is 3.73. The van der Waals surface area contributed by atoms with Gasteiger partial charge in [0.2, 0.25) is 15.2 Å². The average molecular weight is 447 g/mol. The molecule has 0 atom stereocenters. The van der Waals surface area contributed by atoms with E-state index < -0.39 is 15.9 Å². The molecule has 1 aromatic carbocycles. The Labute approximate surface area is 171 Å². The molecule has 1 fully saturated rings. The Morgan fingerprint density at radius 3 is 2.56 bits per heavy atom. The van der Waals surface area contributed by atoms with Crippen molar-refractivity contribution in [3.05, 3.63) is 28.8 Å². The number of aromatic nitrogens is 2. The Bertz CT molecular complexity index is 925. The third-order valence-corrected chi connectivity index (χ3v) is 8.23. The summed E-state index contributed by atoms with van der Waals surface area (Å²) in [5, 5.41) is 10.9. The summed E-state index contributed by atoms with van der Waals surface area (Å²) in [6.07, 6.45) is 5.60. The van der Waals surface area contributed by atoms with Gasteiger partial charge < -0.3 is 0 Å². The van der Waals surface area contributed by atoms with Crippen LogP contribution in [-0.2, 0) is 10.0 Å². The Balaban J connectivity index is 1.85. The zero-order valence-corrected chi connectivity index (χ0v) is 17.8. The first-order valence-corrected chi connectivity index (χ1v) is 12.3. The summed E-state index contributed by atoms with van der Waals surface area (Å²) >= 11 is 8.80. The number of benzene rings is 1. The Hall–Kier alpha value is -1.20. The Kier molecular flexibility index (Phi) is 6.74. The maximum atomic E-state index is 13.0. The fourth-order valence-electron chi connectivity index (χ4n) is 2.78. The molecule has 0 unspecified atom stereocenters. The van der Waals surface area contributed by atoms with E-state index in [-0.39, 0.29) is 15.5 Å². The van der Waals surface area contributed by atoms with Crippen LogP contribution in [0.5, 0.6) is 0 Å². The summed E-state index contributed by atoms with van der Waals surface area (Å²) in [5.74, 6) is -0.517. The first kappa shape index (κ1) is 20.5. The van der Waals surface area contributed by atoms with Gasteiger partial charge in [-0.1, -0.05) is 47.5 Å². The normalized spacial score (nSPS) is 16.1. The lowest BCUT2D eigenvalue weighted by molar-refractivity contribution is 0.102. The minimum atomic E-state index is -3.66. The number of rotatable bonds is 5. The van der Waals surface area contributed by atoms with Crippen molar-refractivity contribution in [3.63, 3.8) is 0 Å². The maximum absolute atomic E-state index is 13.0. The quantitative estimate of drug-likeness (QED) is 0.555. The zero-order chi connectivity index (χ0) is 19.4. The van der Waals surface area contributed by atoms with Crippen LogP contribution in [0.1, 0.15) is 36.0 Å². The minimum Gasteiger partial charge on any atom is -0.296 e. The Morgan fingerprint density at radius 2 is 1.93 bits per heavy atom. The molecule has 0 aliphatic carbocycles. The molecule has 1 N–H and O–H groups in total. The van der Waals surface area contributed by atoms with Gasteiger partial charge >= 0.3 is 0 Å². The maximum Gasteiger partial charge on any atom is 0.259 e. The van der Waals surface area contributed by atoms with E-state index in [1.807, 2.05) is 6.26 Å². The zero-order valence-electron chi connectivity index (χ0n) is 14.6.